The lowest BCUT2D eigenvalue weighted by molar-refractivity contribution is -0.136. The van der Waals surface area contributed by atoms with E-state index in [1.54, 1.807) is 11.3 Å². The van der Waals surface area contributed by atoms with E-state index in [-0.39, 0.29) is 30.4 Å². The summed E-state index contributed by atoms with van der Waals surface area (Å²) in [5.41, 5.74) is 2.51. The van der Waals surface area contributed by atoms with E-state index < -0.39 is 5.82 Å². The van der Waals surface area contributed by atoms with Gasteiger partial charge in [0.15, 0.2) is 0 Å². The Labute approximate surface area is 203 Å². The molecule has 0 fully saturated rings. The highest BCUT2D eigenvalue weighted by Crippen LogP contribution is 2.34. The van der Waals surface area contributed by atoms with Gasteiger partial charge in [0.05, 0.1) is 6.04 Å². The van der Waals surface area contributed by atoms with Crippen molar-refractivity contribution in [1.29, 1.82) is 0 Å². The van der Waals surface area contributed by atoms with Crippen molar-refractivity contribution in [3.8, 4) is 5.75 Å². The molecule has 0 spiro atoms. The normalized spacial score (nSPS) is 15.2. The fraction of sp³-hybridized carbons (Fsp3) is 0.333. The Morgan fingerprint density at radius 1 is 1.15 bits per heavy atom. The minimum absolute atomic E-state index is 0.0474. The van der Waals surface area contributed by atoms with E-state index in [0.717, 1.165) is 23.3 Å². The molecule has 0 aliphatic carbocycles. The number of fused-ring (bicyclic) bond motifs is 1. The topological polar surface area (TPSA) is 49.9 Å². The zero-order chi connectivity index (χ0) is 24.2. The van der Waals surface area contributed by atoms with Gasteiger partial charge in [-0.25, -0.2) is 4.39 Å². The third-order valence-electron chi connectivity index (χ3n) is 6.19. The Hall–Kier alpha value is -3.19. The Balaban J connectivity index is 1.54. The minimum atomic E-state index is -0.403. The lowest BCUT2D eigenvalue weighted by Gasteiger charge is -2.37. The first kappa shape index (κ1) is 24.0. The summed E-state index contributed by atoms with van der Waals surface area (Å²) in [6, 6.07) is 14.9. The molecule has 0 saturated heterocycles. The summed E-state index contributed by atoms with van der Waals surface area (Å²) >= 11 is 1.70. The number of carbonyl (C=O) groups excluding carboxylic acids is 2. The van der Waals surface area contributed by atoms with E-state index in [2.05, 4.69) is 11.4 Å². The number of carbonyl (C=O) groups is 2. The van der Waals surface area contributed by atoms with Crippen LogP contribution in [0.5, 0.6) is 5.75 Å². The zero-order valence-electron chi connectivity index (χ0n) is 19.7. The molecule has 1 aliphatic rings. The predicted octanol–water partition coefficient (Wildman–Crippen LogP) is 5.25. The predicted molar refractivity (Wildman–Crippen MR) is 132 cm³/mol. The van der Waals surface area contributed by atoms with Crippen LogP contribution < -0.4 is 4.74 Å². The van der Waals surface area contributed by atoms with Crippen LogP contribution in [0.4, 0.5) is 4.39 Å². The number of hydrogen-bond acceptors (Lipinski definition) is 4. The first-order valence-corrected chi connectivity index (χ1v) is 12.3. The van der Waals surface area contributed by atoms with Crippen molar-refractivity contribution < 1.29 is 18.7 Å². The molecule has 1 aliphatic heterocycles. The average molecular weight is 481 g/mol. The van der Waals surface area contributed by atoms with Crippen LogP contribution >= 0.6 is 11.3 Å². The highest BCUT2D eigenvalue weighted by Gasteiger charge is 2.34. The van der Waals surface area contributed by atoms with Crippen LogP contribution in [0.15, 0.2) is 60.0 Å². The van der Waals surface area contributed by atoms with Crippen LogP contribution in [0.25, 0.3) is 0 Å². The van der Waals surface area contributed by atoms with Crippen LogP contribution in [-0.2, 0) is 11.2 Å². The summed E-state index contributed by atoms with van der Waals surface area (Å²) in [4.78, 5) is 31.3. The van der Waals surface area contributed by atoms with Gasteiger partial charge >= 0.3 is 0 Å². The molecule has 34 heavy (non-hydrogen) atoms. The molecular weight excluding hydrogens is 451 g/mol. The zero-order valence-corrected chi connectivity index (χ0v) is 20.5. The lowest BCUT2D eigenvalue weighted by Crippen LogP contribution is -2.49. The number of nitrogens with zero attached hydrogens (tertiary/aromatic N) is 2. The second-order valence-electron chi connectivity index (χ2n) is 8.76. The van der Waals surface area contributed by atoms with E-state index in [0.29, 0.717) is 18.7 Å². The number of aryl methyl sites for hydroxylation is 1. The Morgan fingerprint density at radius 2 is 1.88 bits per heavy atom. The number of benzene rings is 2. The molecule has 1 aromatic heterocycles. The van der Waals surface area contributed by atoms with Crippen molar-refractivity contribution in [2.45, 2.75) is 39.3 Å². The highest BCUT2D eigenvalue weighted by atomic mass is 32.1. The number of rotatable bonds is 7. The molecule has 0 saturated carbocycles. The quantitative estimate of drug-likeness (QED) is 0.464. The van der Waals surface area contributed by atoms with E-state index >= 15 is 0 Å². The van der Waals surface area contributed by atoms with Crippen LogP contribution in [-0.4, -0.2) is 47.4 Å². The van der Waals surface area contributed by atoms with Gasteiger partial charge in [0.25, 0.3) is 5.91 Å². The number of para-hydroxylation sites is 1. The molecule has 3 aromatic rings. The van der Waals surface area contributed by atoms with Crippen molar-refractivity contribution in [2.75, 3.05) is 19.7 Å². The summed E-state index contributed by atoms with van der Waals surface area (Å²) in [6.45, 7) is 6.62. The van der Waals surface area contributed by atoms with Crippen molar-refractivity contribution in [2.24, 2.45) is 0 Å². The van der Waals surface area contributed by atoms with E-state index in [4.69, 9.17) is 4.74 Å². The SMILES string of the molecule is Cc1ccccc1OC[C@@H]1c2ccsc2CCN1C(=O)CN(C(=O)c1ccc(F)cc1)C(C)C. The molecular formula is C27H29FN2O3S. The van der Waals surface area contributed by atoms with Gasteiger partial charge in [-0.15, -0.1) is 11.3 Å². The van der Waals surface area contributed by atoms with Crippen LogP contribution in [0.2, 0.25) is 0 Å². The van der Waals surface area contributed by atoms with E-state index in [1.165, 1.54) is 34.0 Å². The summed E-state index contributed by atoms with van der Waals surface area (Å²) in [5.74, 6) is -0.0173. The summed E-state index contributed by atoms with van der Waals surface area (Å²) in [7, 11) is 0. The summed E-state index contributed by atoms with van der Waals surface area (Å²) in [6.07, 6.45) is 0.785. The molecule has 0 radical (unpaired) electrons. The molecule has 2 heterocycles. The average Bonchev–Trinajstić information content (AvgIpc) is 3.31. The monoisotopic (exact) mass is 480 g/mol. The first-order chi connectivity index (χ1) is 16.3. The standard InChI is InChI=1S/C27H29FN2O3S/c1-18(2)30(27(32)20-8-10-21(28)11-9-20)16-26(31)29-14-12-25-22(13-15-34-25)23(29)17-33-24-7-5-4-6-19(24)3/h4-11,13,15,18,23H,12,14,16-17H2,1-3H3/t23-/m1/s1. The van der Waals surface area contributed by atoms with Crippen molar-refractivity contribution in [3.63, 3.8) is 0 Å². The fourth-order valence-electron chi connectivity index (χ4n) is 4.25. The second-order valence-corrected chi connectivity index (χ2v) is 9.76. The lowest BCUT2D eigenvalue weighted by atomic mass is 10.00. The molecule has 0 unspecified atom stereocenters. The van der Waals surface area contributed by atoms with E-state index in [1.807, 2.05) is 49.9 Å². The molecule has 0 N–H and O–H groups in total. The Kier molecular flexibility index (Phi) is 7.32. The molecule has 7 heteroatoms. The molecule has 1 atom stereocenters. The number of halogens is 1. The van der Waals surface area contributed by atoms with Crippen molar-refractivity contribution in [1.82, 2.24) is 9.80 Å². The summed E-state index contributed by atoms with van der Waals surface area (Å²) < 4.78 is 19.5. The number of amides is 2. The van der Waals surface area contributed by atoms with Gasteiger partial charge in [-0.3, -0.25) is 9.59 Å². The second kappa shape index (κ2) is 10.4. The van der Waals surface area contributed by atoms with Crippen LogP contribution in [0.3, 0.4) is 0 Å². The smallest absolute Gasteiger partial charge is 0.254 e. The maximum atomic E-state index is 13.5. The van der Waals surface area contributed by atoms with E-state index in [9.17, 15) is 14.0 Å². The molecule has 2 aromatic carbocycles. The molecule has 0 bridgehead atoms. The van der Waals surface area contributed by atoms with Gasteiger partial charge in [0.1, 0.15) is 24.7 Å². The van der Waals surface area contributed by atoms with Crippen LogP contribution in [0.1, 0.15) is 46.3 Å². The number of ether oxygens (including phenoxy) is 1. The van der Waals surface area contributed by atoms with Gasteiger partial charge in [-0.1, -0.05) is 18.2 Å². The first-order valence-electron chi connectivity index (χ1n) is 11.5. The summed E-state index contributed by atoms with van der Waals surface area (Å²) in [5, 5.41) is 2.05. The van der Waals surface area contributed by atoms with Gasteiger partial charge in [0, 0.05) is 23.0 Å². The number of thiophene rings is 1. The highest BCUT2D eigenvalue weighted by molar-refractivity contribution is 7.10. The molecule has 2 amide bonds. The van der Waals surface area contributed by atoms with Crippen LogP contribution in [0, 0.1) is 12.7 Å². The van der Waals surface area contributed by atoms with Gasteiger partial charge in [-0.05, 0) is 80.1 Å². The molecule has 5 nitrogen and oxygen atoms in total. The Bertz CT molecular complexity index is 1160. The fourth-order valence-corrected chi connectivity index (χ4v) is 5.17. The van der Waals surface area contributed by atoms with Crippen molar-refractivity contribution >= 4 is 23.2 Å². The third-order valence-corrected chi connectivity index (χ3v) is 7.18. The van der Waals surface area contributed by atoms with Gasteiger partial charge < -0.3 is 14.5 Å². The van der Waals surface area contributed by atoms with Gasteiger partial charge in [-0.2, -0.15) is 0 Å². The minimum Gasteiger partial charge on any atom is -0.491 e. The maximum Gasteiger partial charge on any atom is 0.254 e. The third kappa shape index (κ3) is 5.14. The molecule has 4 rings (SSSR count). The number of hydrogen-bond donors (Lipinski definition) is 0. The van der Waals surface area contributed by atoms with Gasteiger partial charge in [0.2, 0.25) is 5.91 Å². The Morgan fingerprint density at radius 3 is 2.59 bits per heavy atom. The van der Waals surface area contributed by atoms with Crippen molar-refractivity contribution in [3.05, 3.63) is 87.4 Å². The largest absolute Gasteiger partial charge is 0.491 e. The molecule has 178 valence electrons. The maximum absolute atomic E-state index is 13.5.